The van der Waals surface area contributed by atoms with E-state index >= 15 is 0 Å². The number of benzene rings is 2. The van der Waals surface area contributed by atoms with Crippen molar-refractivity contribution in [3.8, 4) is 22.8 Å². The Kier molecular flexibility index (Phi) is 6.08. The van der Waals surface area contributed by atoms with Crippen molar-refractivity contribution in [2.45, 2.75) is 19.9 Å². The Morgan fingerprint density at radius 1 is 1.21 bits per heavy atom. The van der Waals surface area contributed by atoms with Gasteiger partial charge < -0.3 is 19.3 Å². The molecule has 1 unspecified atom stereocenters. The molecule has 1 heterocycles. The Bertz CT molecular complexity index is 1030. The number of rotatable bonds is 6. The number of nitrogens with one attached hydrogen (secondary N) is 1. The third-order valence-corrected chi connectivity index (χ3v) is 4.86. The van der Waals surface area contributed by atoms with Crippen molar-refractivity contribution in [2.75, 3.05) is 14.2 Å². The number of amides is 1. The second-order valence-electron chi connectivity index (χ2n) is 6.37. The number of methoxy groups -OCH3 is 2. The van der Waals surface area contributed by atoms with Crippen molar-refractivity contribution in [2.24, 2.45) is 0 Å². The lowest BCUT2D eigenvalue weighted by molar-refractivity contribution is 0.0939. The van der Waals surface area contributed by atoms with Gasteiger partial charge in [0.05, 0.1) is 30.8 Å². The minimum atomic E-state index is -0.590. The number of carbonyl (C=O) groups is 1. The van der Waals surface area contributed by atoms with E-state index in [1.807, 2.05) is 13.0 Å². The SMILES string of the molecule is COc1ccc(C(C)NC(=O)c2c(-c3c(F)cccc3Cl)noc2C)cc1OC. The molecule has 6 nitrogen and oxygen atoms in total. The summed E-state index contributed by atoms with van der Waals surface area (Å²) in [5.74, 6) is 0.344. The van der Waals surface area contributed by atoms with Crippen LogP contribution in [0.5, 0.6) is 11.5 Å². The van der Waals surface area contributed by atoms with Crippen LogP contribution >= 0.6 is 11.6 Å². The van der Waals surface area contributed by atoms with Gasteiger partial charge in [-0.05, 0) is 43.7 Å². The van der Waals surface area contributed by atoms with Crippen LogP contribution < -0.4 is 14.8 Å². The fraction of sp³-hybridized carbons (Fsp3) is 0.238. The monoisotopic (exact) mass is 418 g/mol. The number of nitrogens with zero attached hydrogens (tertiary/aromatic N) is 1. The van der Waals surface area contributed by atoms with E-state index < -0.39 is 11.7 Å². The summed E-state index contributed by atoms with van der Waals surface area (Å²) in [5.41, 5.74) is 1.01. The fourth-order valence-corrected chi connectivity index (χ4v) is 3.26. The molecule has 0 radical (unpaired) electrons. The van der Waals surface area contributed by atoms with Crippen LogP contribution in [0.2, 0.25) is 5.02 Å². The quantitative estimate of drug-likeness (QED) is 0.613. The van der Waals surface area contributed by atoms with Gasteiger partial charge in [0.15, 0.2) is 11.5 Å². The number of aromatic nitrogens is 1. The highest BCUT2D eigenvalue weighted by Gasteiger charge is 2.26. The van der Waals surface area contributed by atoms with Gasteiger partial charge >= 0.3 is 0 Å². The molecule has 1 amide bonds. The maximum atomic E-state index is 14.3. The normalized spacial score (nSPS) is 11.8. The zero-order chi connectivity index (χ0) is 21.1. The summed E-state index contributed by atoms with van der Waals surface area (Å²) >= 11 is 6.13. The van der Waals surface area contributed by atoms with Crippen LogP contribution in [0, 0.1) is 12.7 Å². The molecule has 3 aromatic rings. The molecule has 152 valence electrons. The molecular weight excluding hydrogens is 399 g/mol. The maximum absolute atomic E-state index is 14.3. The highest BCUT2D eigenvalue weighted by Crippen LogP contribution is 2.34. The Labute approximate surface area is 172 Å². The molecule has 29 heavy (non-hydrogen) atoms. The van der Waals surface area contributed by atoms with Crippen LogP contribution in [0.3, 0.4) is 0 Å². The van der Waals surface area contributed by atoms with Crippen LogP contribution in [-0.2, 0) is 0 Å². The van der Waals surface area contributed by atoms with E-state index in [0.717, 1.165) is 5.56 Å². The molecule has 8 heteroatoms. The standard InChI is InChI=1S/C21H20ClFN2O4/c1-11(13-8-9-16(27-3)17(10-13)28-4)24-21(26)18-12(2)29-25-20(18)19-14(22)6-5-7-15(19)23/h5-11H,1-4H3,(H,24,26). The van der Waals surface area contributed by atoms with Gasteiger partial charge in [0.2, 0.25) is 0 Å². The van der Waals surface area contributed by atoms with Crippen LogP contribution in [0.4, 0.5) is 4.39 Å². The zero-order valence-electron chi connectivity index (χ0n) is 16.4. The molecule has 0 bridgehead atoms. The Balaban J connectivity index is 1.92. The topological polar surface area (TPSA) is 73.6 Å². The minimum absolute atomic E-state index is 0.0231. The summed E-state index contributed by atoms with van der Waals surface area (Å²) < 4.78 is 30.1. The zero-order valence-corrected chi connectivity index (χ0v) is 17.1. The number of halogens is 2. The lowest BCUT2D eigenvalue weighted by Gasteiger charge is -2.17. The Morgan fingerprint density at radius 3 is 2.59 bits per heavy atom. The summed E-state index contributed by atoms with van der Waals surface area (Å²) in [7, 11) is 3.09. The Morgan fingerprint density at radius 2 is 1.93 bits per heavy atom. The van der Waals surface area contributed by atoms with Gasteiger partial charge in [-0.1, -0.05) is 28.9 Å². The van der Waals surface area contributed by atoms with Gasteiger partial charge in [-0.3, -0.25) is 4.79 Å². The van der Waals surface area contributed by atoms with Gasteiger partial charge in [0.1, 0.15) is 22.8 Å². The molecule has 1 N–H and O–H groups in total. The maximum Gasteiger partial charge on any atom is 0.257 e. The lowest BCUT2D eigenvalue weighted by Crippen LogP contribution is -2.27. The molecule has 0 saturated heterocycles. The number of aryl methyl sites for hydroxylation is 1. The largest absolute Gasteiger partial charge is 0.493 e. The predicted octanol–water partition coefficient (Wildman–Crippen LogP) is 4.95. The summed E-state index contributed by atoms with van der Waals surface area (Å²) in [5, 5.41) is 6.88. The molecular formula is C21H20ClFN2O4. The summed E-state index contributed by atoms with van der Waals surface area (Å²) in [6.45, 7) is 3.40. The van der Waals surface area contributed by atoms with Crippen molar-refractivity contribution < 1.29 is 23.2 Å². The van der Waals surface area contributed by atoms with E-state index in [4.69, 9.17) is 25.6 Å². The molecule has 0 aliphatic heterocycles. The molecule has 0 saturated carbocycles. The van der Waals surface area contributed by atoms with Gasteiger partial charge in [0, 0.05) is 0 Å². The second-order valence-corrected chi connectivity index (χ2v) is 6.78. The van der Waals surface area contributed by atoms with Crippen molar-refractivity contribution >= 4 is 17.5 Å². The van der Waals surface area contributed by atoms with Crippen LogP contribution in [0.1, 0.15) is 34.6 Å². The molecule has 1 aromatic heterocycles. The number of carbonyl (C=O) groups excluding carboxylic acids is 1. The first kappa shape index (κ1) is 20.7. The average molecular weight is 419 g/mol. The van der Waals surface area contributed by atoms with Gasteiger partial charge in [0.25, 0.3) is 5.91 Å². The van der Waals surface area contributed by atoms with Crippen LogP contribution in [0.15, 0.2) is 40.9 Å². The molecule has 1 atom stereocenters. The van der Waals surface area contributed by atoms with E-state index in [9.17, 15) is 9.18 Å². The molecule has 3 rings (SSSR count). The van der Waals surface area contributed by atoms with E-state index in [1.165, 1.54) is 25.3 Å². The predicted molar refractivity (Wildman–Crippen MR) is 107 cm³/mol. The highest BCUT2D eigenvalue weighted by molar-refractivity contribution is 6.33. The van der Waals surface area contributed by atoms with Gasteiger partial charge in [-0.2, -0.15) is 0 Å². The van der Waals surface area contributed by atoms with E-state index in [2.05, 4.69) is 10.5 Å². The summed E-state index contributed by atoms with van der Waals surface area (Å²) in [4.78, 5) is 13.0. The number of ether oxygens (including phenoxy) is 2. The van der Waals surface area contributed by atoms with Gasteiger partial charge in [-0.15, -0.1) is 0 Å². The number of hydrogen-bond donors (Lipinski definition) is 1. The van der Waals surface area contributed by atoms with Crippen molar-refractivity contribution in [3.63, 3.8) is 0 Å². The average Bonchev–Trinajstić information content (AvgIpc) is 3.08. The molecule has 2 aromatic carbocycles. The first-order chi connectivity index (χ1) is 13.9. The Hall–Kier alpha value is -3.06. The van der Waals surface area contributed by atoms with Crippen molar-refractivity contribution in [1.29, 1.82) is 0 Å². The highest BCUT2D eigenvalue weighted by atomic mass is 35.5. The minimum Gasteiger partial charge on any atom is -0.493 e. The third kappa shape index (κ3) is 4.05. The smallest absolute Gasteiger partial charge is 0.257 e. The summed E-state index contributed by atoms with van der Waals surface area (Å²) in [6.07, 6.45) is 0. The summed E-state index contributed by atoms with van der Waals surface area (Å²) in [6, 6.07) is 9.23. The van der Waals surface area contributed by atoms with Crippen molar-refractivity contribution in [1.82, 2.24) is 10.5 Å². The van der Waals surface area contributed by atoms with Gasteiger partial charge in [-0.25, -0.2) is 4.39 Å². The van der Waals surface area contributed by atoms with Crippen LogP contribution in [0.25, 0.3) is 11.3 Å². The first-order valence-electron chi connectivity index (χ1n) is 8.80. The van der Waals surface area contributed by atoms with E-state index in [-0.39, 0.29) is 33.6 Å². The lowest BCUT2D eigenvalue weighted by atomic mass is 10.0. The molecule has 0 spiro atoms. The van der Waals surface area contributed by atoms with Crippen molar-refractivity contribution in [3.05, 3.63) is 64.1 Å². The molecule has 0 aliphatic rings. The van der Waals surface area contributed by atoms with Crippen LogP contribution in [-0.4, -0.2) is 25.3 Å². The molecule has 0 aliphatic carbocycles. The van der Waals surface area contributed by atoms with E-state index in [0.29, 0.717) is 11.5 Å². The second kappa shape index (κ2) is 8.53. The number of hydrogen-bond acceptors (Lipinski definition) is 5. The fourth-order valence-electron chi connectivity index (χ4n) is 3.01. The molecule has 0 fully saturated rings. The first-order valence-corrected chi connectivity index (χ1v) is 9.18. The van der Waals surface area contributed by atoms with E-state index in [1.54, 1.807) is 26.2 Å². The third-order valence-electron chi connectivity index (χ3n) is 4.54.